The van der Waals surface area contributed by atoms with Gasteiger partial charge in [-0.05, 0) is 100 Å². The van der Waals surface area contributed by atoms with Gasteiger partial charge < -0.3 is 14.2 Å². The Kier molecular flexibility index (Phi) is 7.15. The van der Waals surface area contributed by atoms with Crippen molar-refractivity contribution in [3.63, 3.8) is 0 Å². The van der Waals surface area contributed by atoms with Gasteiger partial charge >= 0.3 is 0 Å². The molecule has 0 fully saturated rings. The molecular formula is C27H21BBr2O3. The SMILES string of the molecule is [B]c1cc(OC)ccc1-c1cc(-c2ccc(OC)cc2Br)cc(-c2ccc(OC)cc2Br)c1. The summed E-state index contributed by atoms with van der Waals surface area (Å²) in [5, 5.41) is 0. The summed E-state index contributed by atoms with van der Waals surface area (Å²) in [6.07, 6.45) is 0. The fourth-order valence-corrected chi connectivity index (χ4v) is 4.91. The van der Waals surface area contributed by atoms with Crippen molar-refractivity contribution in [3.05, 3.63) is 81.7 Å². The summed E-state index contributed by atoms with van der Waals surface area (Å²) in [5.41, 5.74) is 6.80. The first kappa shape index (κ1) is 23.5. The zero-order valence-corrected chi connectivity index (χ0v) is 21.7. The number of methoxy groups -OCH3 is 3. The van der Waals surface area contributed by atoms with E-state index in [2.05, 4.69) is 50.1 Å². The molecule has 0 aliphatic carbocycles. The molecule has 6 heteroatoms. The molecule has 0 saturated heterocycles. The zero-order chi connectivity index (χ0) is 23.5. The molecule has 4 rings (SSSR count). The Labute approximate surface area is 212 Å². The second kappa shape index (κ2) is 10.1. The molecule has 4 aromatic rings. The molecule has 3 nitrogen and oxygen atoms in total. The molecule has 0 spiro atoms. The quantitative estimate of drug-likeness (QED) is 0.236. The van der Waals surface area contributed by atoms with Crippen molar-refractivity contribution in [1.82, 2.24) is 0 Å². The summed E-state index contributed by atoms with van der Waals surface area (Å²) in [6.45, 7) is 0. The van der Waals surface area contributed by atoms with Gasteiger partial charge in [-0.25, -0.2) is 0 Å². The van der Waals surface area contributed by atoms with Crippen LogP contribution in [0.5, 0.6) is 17.2 Å². The number of rotatable bonds is 6. The van der Waals surface area contributed by atoms with Crippen LogP contribution in [0, 0.1) is 0 Å². The molecule has 0 unspecified atom stereocenters. The van der Waals surface area contributed by atoms with Crippen LogP contribution in [0.3, 0.4) is 0 Å². The Morgan fingerprint density at radius 3 is 1.24 bits per heavy atom. The maximum absolute atomic E-state index is 6.41. The predicted molar refractivity (Wildman–Crippen MR) is 143 cm³/mol. The molecular weight excluding hydrogens is 543 g/mol. The van der Waals surface area contributed by atoms with Gasteiger partial charge in [-0.2, -0.15) is 0 Å². The Bertz CT molecular complexity index is 1150. The first-order chi connectivity index (χ1) is 15.9. The minimum atomic E-state index is 0.653. The van der Waals surface area contributed by atoms with Crippen molar-refractivity contribution in [2.45, 2.75) is 0 Å². The lowest BCUT2D eigenvalue weighted by Crippen LogP contribution is -2.07. The lowest BCUT2D eigenvalue weighted by Gasteiger charge is -2.16. The van der Waals surface area contributed by atoms with Crippen molar-refractivity contribution in [1.29, 1.82) is 0 Å². The second-order valence-electron chi connectivity index (χ2n) is 7.44. The van der Waals surface area contributed by atoms with E-state index in [1.54, 1.807) is 21.3 Å². The third-order valence-electron chi connectivity index (χ3n) is 5.48. The first-order valence-electron chi connectivity index (χ1n) is 10.2. The van der Waals surface area contributed by atoms with Crippen LogP contribution >= 0.6 is 31.9 Å². The van der Waals surface area contributed by atoms with Crippen molar-refractivity contribution >= 4 is 45.2 Å². The highest BCUT2D eigenvalue weighted by Gasteiger charge is 2.13. The fraction of sp³-hybridized carbons (Fsp3) is 0.111. The van der Waals surface area contributed by atoms with E-state index < -0.39 is 0 Å². The monoisotopic (exact) mass is 562 g/mol. The summed E-state index contributed by atoms with van der Waals surface area (Å²) < 4.78 is 18.0. The van der Waals surface area contributed by atoms with E-state index in [1.807, 2.05) is 54.6 Å². The van der Waals surface area contributed by atoms with Gasteiger partial charge in [0, 0.05) is 8.95 Å². The molecule has 0 atom stereocenters. The maximum Gasteiger partial charge on any atom is 0.120 e. The zero-order valence-electron chi connectivity index (χ0n) is 18.5. The van der Waals surface area contributed by atoms with Crippen molar-refractivity contribution in [2.75, 3.05) is 21.3 Å². The lowest BCUT2D eigenvalue weighted by molar-refractivity contribution is 0.414. The number of halogens is 2. The predicted octanol–water partition coefficient (Wildman–Crippen LogP) is 7.03. The van der Waals surface area contributed by atoms with Crippen LogP contribution in [-0.2, 0) is 0 Å². The Hall–Kier alpha value is -2.70. The highest BCUT2D eigenvalue weighted by atomic mass is 79.9. The van der Waals surface area contributed by atoms with E-state index in [0.717, 1.165) is 59.6 Å². The van der Waals surface area contributed by atoms with Gasteiger partial charge in [-0.1, -0.05) is 43.4 Å². The molecule has 2 radical (unpaired) electrons. The van der Waals surface area contributed by atoms with Crippen LogP contribution in [0.4, 0.5) is 0 Å². The molecule has 0 heterocycles. The average molecular weight is 564 g/mol. The van der Waals surface area contributed by atoms with Crippen LogP contribution < -0.4 is 19.7 Å². The van der Waals surface area contributed by atoms with Gasteiger partial charge in [0.1, 0.15) is 25.1 Å². The third-order valence-corrected chi connectivity index (χ3v) is 6.79. The fourth-order valence-electron chi connectivity index (χ4n) is 3.74. The molecule has 0 amide bonds. The van der Waals surface area contributed by atoms with E-state index in [4.69, 9.17) is 22.1 Å². The van der Waals surface area contributed by atoms with Crippen molar-refractivity contribution in [3.8, 4) is 50.6 Å². The number of ether oxygens (including phenoxy) is 3. The molecule has 0 aromatic heterocycles. The van der Waals surface area contributed by atoms with Gasteiger partial charge in [0.2, 0.25) is 0 Å². The molecule has 0 saturated carbocycles. The maximum atomic E-state index is 6.41. The molecule has 0 N–H and O–H groups in total. The highest BCUT2D eigenvalue weighted by molar-refractivity contribution is 9.11. The number of hydrogen-bond donors (Lipinski definition) is 0. The Morgan fingerprint density at radius 1 is 0.515 bits per heavy atom. The molecule has 0 bridgehead atoms. The molecule has 0 aliphatic heterocycles. The van der Waals surface area contributed by atoms with Crippen LogP contribution in [0.15, 0.2) is 81.7 Å². The Morgan fingerprint density at radius 2 is 0.879 bits per heavy atom. The summed E-state index contributed by atoms with van der Waals surface area (Å²) in [4.78, 5) is 0. The molecule has 4 aromatic carbocycles. The normalized spacial score (nSPS) is 10.7. The lowest BCUT2D eigenvalue weighted by atomic mass is 9.85. The summed E-state index contributed by atoms with van der Waals surface area (Å²) in [6, 6.07) is 24.1. The molecule has 0 aliphatic rings. The average Bonchev–Trinajstić information content (AvgIpc) is 2.83. The smallest absolute Gasteiger partial charge is 0.120 e. The van der Waals surface area contributed by atoms with Crippen LogP contribution in [0.1, 0.15) is 0 Å². The Balaban J connectivity index is 1.94. The van der Waals surface area contributed by atoms with Crippen LogP contribution in [-0.4, -0.2) is 29.2 Å². The number of benzene rings is 4. The van der Waals surface area contributed by atoms with E-state index in [9.17, 15) is 0 Å². The topological polar surface area (TPSA) is 27.7 Å². The summed E-state index contributed by atoms with van der Waals surface area (Å²) in [7, 11) is 11.4. The van der Waals surface area contributed by atoms with Gasteiger partial charge in [0.05, 0.1) is 21.3 Å². The van der Waals surface area contributed by atoms with Gasteiger partial charge in [-0.15, -0.1) is 0 Å². The third kappa shape index (κ3) is 4.97. The highest BCUT2D eigenvalue weighted by Crippen LogP contribution is 2.39. The molecule has 164 valence electrons. The standard InChI is InChI=1S/C27H21BBr2O3/c1-31-19-4-7-22(25(28)13-19)16-10-17(23-8-5-20(32-2)14-26(23)29)12-18(11-16)24-9-6-21(33-3)15-27(24)30/h4-15H,1-3H3. The minimum absolute atomic E-state index is 0.653. The van der Waals surface area contributed by atoms with E-state index in [-0.39, 0.29) is 0 Å². The number of hydrogen-bond acceptors (Lipinski definition) is 3. The van der Waals surface area contributed by atoms with Crippen LogP contribution in [0.2, 0.25) is 0 Å². The van der Waals surface area contributed by atoms with E-state index in [1.165, 1.54) is 0 Å². The van der Waals surface area contributed by atoms with E-state index in [0.29, 0.717) is 5.46 Å². The van der Waals surface area contributed by atoms with Gasteiger partial charge in [0.15, 0.2) is 0 Å². The largest absolute Gasteiger partial charge is 0.497 e. The van der Waals surface area contributed by atoms with Crippen molar-refractivity contribution < 1.29 is 14.2 Å². The van der Waals surface area contributed by atoms with Crippen LogP contribution in [0.25, 0.3) is 33.4 Å². The van der Waals surface area contributed by atoms with E-state index >= 15 is 0 Å². The van der Waals surface area contributed by atoms with Gasteiger partial charge in [0.25, 0.3) is 0 Å². The summed E-state index contributed by atoms with van der Waals surface area (Å²) >= 11 is 7.41. The summed E-state index contributed by atoms with van der Waals surface area (Å²) in [5.74, 6) is 2.31. The first-order valence-corrected chi connectivity index (χ1v) is 11.8. The van der Waals surface area contributed by atoms with Gasteiger partial charge in [-0.3, -0.25) is 0 Å². The molecule has 33 heavy (non-hydrogen) atoms. The minimum Gasteiger partial charge on any atom is -0.497 e. The van der Waals surface area contributed by atoms with Crippen molar-refractivity contribution in [2.24, 2.45) is 0 Å². The second-order valence-corrected chi connectivity index (χ2v) is 9.15.